The Morgan fingerprint density at radius 2 is 2.11 bits per heavy atom. The summed E-state index contributed by atoms with van der Waals surface area (Å²) >= 11 is 0. The highest BCUT2D eigenvalue weighted by atomic mass is 16.5. The maximum absolute atomic E-state index is 12.1. The minimum Gasteiger partial charge on any atom is -0.462 e. The number of morpholine rings is 1. The maximum atomic E-state index is 12.1. The second-order valence-corrected chi connectivity index (χ2v) is 4.56. The van der Waals surface area contributed by atoms with Crippen LogP contribution in [0.15, 0.2) is 6.07 Å². The molecule has 104 valence electrons. The van der Waals surface area contributed by atoms with E-state index in [2.05, 4.69) is 9.88 Å². The van der Waals surface area contributed by atoms with Crippen LogP contribution in [0, 0.1) is 13.8 Å². The molecule has 1 saturated heterocycles. The van der Waals surface area contributed by atoms with E-state index in [-0.39, 0.29) is 5.97 Å². The van der Waals surface area contributed by atoms with Gasteiger partial charge < -0.3 is 14.4 Å². The molecule has 0 saturated carbocycles. The van der Waals surface area contributed by atoms with Crippen LogP contribution in [0.25, 0.3) is 0 Å². The summed E-state index contributed by atoms with van der Waals surface area (Å²) in [4.78, 5) is 18.7. The van der Waals surface area contributed by atoms with E-state index in [4.69, 9.17) is 9.47 Å². The van der Waals surface area contributed by atoms with Crippen molar-refractivity contribution in [2.75, 3.05) is 37.8 Å². The minimum absolute atomic E-state index is 0.297. The Morgan fingerprint density at radius 1 is 1.42 bits per heavy atom. The number of rotatable bonds is 3. The van der Waals surface area contributed by atoms with Gasteiger partial charge in [-0.05, 0) is 26.8 Å². The first kappa shape index (κ1) is 13.8. The number of ether oxygens (including phenoxy) is 2. The molecule has 0 aromatic carbocycles. The number of carbonyl (C=O) groups is 1. The predicted molar refractivity (Wildman–Crippen MR) is 72.7 cm³/mol. The lowest BCUT2D eigenvalue weighted by Gasteiger charge is -2.30. The molecule has 19 heavy (non-hydrogen) atoms. The molecule has 0 unspecified atom stereocenters. The molecule has 0 N–H and O–H groups in total. The highest BCUT2D eigenvalue weighted by Crippen LogP contribution is 2.25. The van der Waals surface area contributed by atoms with Crippen LogP contribution in [-0.2, 0) is 9.47 Å². The van der Waals surface area contributed by atoms with Gasteiger partial charge in [-0.15, -0.1) is 0 Å². The average Bonchev–Trinajstić information content (AvgIpc) is 2.39. The molecule has 0 bridgehead atoms. The summed E-state index contributed by atoms with van der Waals surface area (Å²) in [6.07, 6.45) is 0. The van der Waals surface area contributed by atoms with E-state index < -0.39 is 0 Å². The molecular weight excluding hydrogens is 244 g/mol. The van der Waals surface area contributed by atoms with Crippen molar-refractivity contribution in [2.24, 2.45) is 0 Å². The summed E-state index contributed by atoms with van der Waals surface area (Å²) in [5.41, 5.74) is 3.12. The van der Waals surface area contributed by atoms with E-state index in [9.17, 15) is 4.79 Å². The fourth-order valence-corrected chi connectivity index (χ4v) is 2.32. The summed E-state index contributed by atoms with van der Waals surface area (Å²) in [7, 11) is 0. The van der Waals surface area contributed by atoms with Crippen molar-refractivity contribution in [3.63, 3.8) is 0 Å². The standard InChI is InChI=1S/C14H20N2O3/c1-4-19-14(17)13-11(3)15-10(2)9-12(13)16-5-7-18-8-6-16/h9H,4-8H2,1-3H3. The summed E-state index contributed by atoms with van der Waals surface area (Å²) in [6.45, 7) is 8.91. The van der Waals surface area contributed by atoms with E-state index in [0.717, 1.165) is 30.2 Å². The molecule has 1 aliphatic rings. The minimum atomic E-state index is -0.297. The fraction of sp³-hybridized carbons (Fsp3) is 0.571. The van der Waals surface area contributed by atoms with E-state index in [0.29, 0.717) is 25.4 Å². The highest BCUT2D eigenvalue weighted by Gasteiger charge is 2.22. The predicted octanol–water partition coefficient (Wildman–Crippen LogP) is 1.71. The molecule has 2 rings (SSSR count). The average molecular weight is 264 g/mol. The third kappa shape index (κ3) is 3.04. The summed E-state index contributed by atoms with van der Waals surface area (Å²) in [6, 6.07) is 1.95. The van der Waals surface area contributed by atoms with Gasteiger partial charge in [0.15, 0.2) is 0 Å². The Hall–Kier alpha value is -1.62. The number of carbonyl (C=O) groups excluding carboxylic acids is 1. The SMILES string of the molecule is CCOC(=O)c1c(N2CCOCC2)cc(C)nc1C. The van der Waals surface area contributed by atoms with Gasteiger partial charge in [0.2, 0.25) is 0 Å². The molecule has 0 radical (unpaired) electrons. The summed E-state index contributed by atoms with van der Waals surface area (Å²) in [5, 5.41) is 0. The van der Waals surface area contributed by atoms with E-state index >= 15 is 0 Å². The lowest BCUT2D eigenvalue weighted by Crippen LogP contribution is -2.37. The van der Waals surface area contributed by atoms with Gasteiger partial charge in [-0.1, -0.05) is 0 Å². The van der Waals surface area contributed by atoms with Gasteiger partial charge in [0.05, 0.1) is 31.2 Å². The number of anilines is 1. The first-order valence-electron chi connectivity index (χ1n) is 6.61. The van der Waals surface area contributed by atoms with Crippen LogP contribution >= 0.6 is 0 Å². The van der Waals surface area contributed by atoms with Gasteiger partial charge >= 0.3 is 5.97 Å². The van der Waals surface area contributed by atoms with Crippen LogP contribution in [-0.4, -0.2) is 43.9 Å². The molecule has 1 aromatic heterocycles. The van der Waals surface area contributed by atoms with Crippen LogP contribution in [0.1, 0.15) is 28.7 Å². The molecule has 0 amide bonds. The molecule has 5 heteroatoms. The Bertz CT molecular complexity index is 468. The van der Waals surface area contributed by atoms with Crippen LogP contribution < -0.4 is 4.90 Å². The Labute approximate surface area is 113 Å². The van der Waals surface area contributed by atoms with Crippen LogP contribution in [0.2, 0.25) is 0 Å². The van der Waals surface area contributed by atoms with Crippen molar-refractivity contribution >= 4 is 11.7 Å². The van der Waals surface area contributed by atoms with Crippen LogP contribution in [0.3, 0.4) is 0 Å². The number of pyridine rings is 1. The summed E-state index contributed by atoms with van der Waals surface area (Å²) < 4.78 is 10.5. The molecule has 1 fully saturated rings. The van der Waals surface area contributed by atoms with E-state index in [1.807, 2.05) is 26.8 Å². The fourth-order valence-electron chi connectivity index (χ4n) is 2.32. The van der Waals surface area contributed by atoms with Crippen molar-refractivity contribution in [3.05, 3.63) is 23.0 Å². The zero-order valence-electron chi connectivity index (χ0n) is 11.7. The number of nitrogens with zero attached hydrogens (tertiary/aromatic N) is 2. The molecule has 1 aliphatic heterocycles. The van der Waals surface area contributed by atoms with Gasteiger partial charge in [-0.25, -0.2) is 4.79 Å². The van der Waals surface area contributed by atoms with Gasteiger partial charge in [-0.3, -0.25) is 4.98 Å². The largest absolute Gasteiger partial charge is 0.462 e. The van der Waals surface area contributed by atoms with Crippen molar-refractivity contribution in [1.82, 2.24) is 4.98 Å². The lowest BCUT2D eigenvalue weighted by molar-refractivity contribution is 0.0524. The van der Waals surface area contributed by atoms with Crippen molar-refractivity contribution in [3.8, 4) is 0 Å². The number of hydrogen-bond acceptors (Lipinski definition) is 5. The second kappa shape index (κ2) is 6.02. The van der Waals surface area contributed by atoms with Gasteiger partial charge in [0, 0.05) is 18.8 Å². The molecule has 0 atom stereocenters. The topological polar surface area (TPSA) is 51.7 Å². The first-order chi connectivity index (χ1) is 9.13. The number of aromatic nitrogens is 1. The monoisotopic (exact) mass is 264 g/mol. The second-order valence-electron chi connectivity index (χ2n) is 4.56. The molecule has 1 aromatic rings. The highest BCUT2D eigenvalue weighted by molar-refractivity contribution is 5.97. The van der Waals surface area contributed by atoms with E-state index in [1.54, 1.807) is 0 Å². The quantitative estimate of drug-likeness (QED) is 0.778. The molecule has 2 heterocycles. The number of esters is 1. The lowest BCUT2D eigenvalue weighted by atomic mass is 10.1. The molecule has 0 aliphatic carbocycles. The Morgan fingerprint density at radius 3 is 2.74 bits per heavy atom. The van der Waals surface area contributed by atoms with Crippen molar-refractivity contribution in [2.45, 2.75) is 20.8 Å². The normalized spacial score (nSPS) is 15.4. The number of aryl methyl sites for hydroxylation is 2. The zero-order valence-corrected chi connectivity index (χ0v) is 11.7. The zero-order chi connectivity index (χ0) is 13.8. The van der Waals surface area contributed by atoms with Crippen molar-refractivity contribution < 1.29 is 14.3 Å². The molecular formula is C14H20N2O3. The third-order valence-corrected chi connectivity index (χ3v) is 3.14. The van der Waals surface area contributed by atoms with Crippen molar-refractivity contribution in [1.29, 1.82) is 0 Å². The van der Waals surface area contributed by atoms with Crippen LogP contribution in [0.4, 0.5) is 5.69 Å². The van der Waals surface area contributed by atoms with Crippen LogP contribution in [0.5, 0.6) is 0 Å². The van der Waals surface area contributed by atoms with E-state index in [1.165, 1.54) is 0 Å². The third-order valence-electron chi connectivity index (χ3n) is 3.14. The summed E-state index contributed by atoms with van der Waals surface area (Å²) in [5.74, 6) is -0.297. The first-order valence-corrected chi connectivity index (χ1v) is 6.61. The Kier molecular flexibility index (Phi) is 4.37. The van der Waals surface area contributed by atoms with Gasteiger partial charge in [0.25, 0.3) is 0 Å². The maximum Gasteiger partial charge on any atom is 0.342 e. The molecule has 0 spiro atoms. The Balaban J connectivity index is 2.41. The smallest absolute Gasteiger partial charge is 0.342 e. The number of hydrogen-bond donors (Lipinski definition) is 0. The van der Waals surface area contributed by atoms with Gasteiger partial charge in [0.1, 0.15) is 5.56 Å². The van der Waals surface area contributed by atoms with Gasteiger partial charge in [-0.2, -0.15) is 0 Å². The molecule has 5 nitrogen and oxygen atoms in total.